The first-order valence-corrected chi connectivity index (χ1v) is 8.34. The van der Waals surface area contributed by atoms with Crippen LogP contribution in [0.3, 0.4) is 0 Å². The van der Waals surface area contributed by atoms with Crippen LogP contribution in [-0.2, 0) is 22.7 Å². The smallest absolute Gasteiger partial charge is 0.303 e. The van der Waals surface area contributed by atoms with Crippen LogP contribution < -0.4 is 10.1 Å². The Labute approximate surface area is 155 Å². The molecule has 0 spiro atoms. The van der Waals surface area contributed by atoms with E-state index in [2.05, 4.69) is 5.32 Å². The second-order valence-corrected chi connectivity index (χ2v) is 6.21. The van der Waals surface area contributed by atoms with Crippen LogP contribution in [0.5, 0.6) is 5.75 Å². The van der Waals surface area contributed by atoms with E-state index < -0.39 is 5.97 Å². The molecule has 0 aliphatic carbocycles. The lowest BCUT2D eigenvalue weighted by molar-refractivity contribution is -0.138. The van der Waals surface area contributed by atoms with E-state index in [1.54, 1.807) is 30.3 Å². The summed E-state index contributed by atoms with van der Waals surface area (Å²) in [6.07, 6.45) is -0.280. The fourth-order valence-corrected chi connectivity index (χ4v) is 2.39. The number of carboxylic acid groups (broad SMARTS) is 1. The average Bonchev–Trinajstić information content (AvgIpc) is 2.58. The van der Waals surface area contributed by atoms with Crippen LogP contribution in [0.4, 0.5) is 0 Å². The largest absolute Gasteiger partial charge is 0.489 e. The molecule has 1 amide bonds. The Morgan fingerprint density at radius 1 is 1.00 bits per heavy atom. The first-order valence-electron chi connectivity index (χ1n) is 7.58. The van der Waals surface area contributed by atoms with E-state index in [-0.39, 0.29) is 25.3 Å². The maximum atomic E-state index is 11.7. The van der Waals surface area contributed by atoms with Gasteiger partial charge in [-0.1, -0.05) is 35.3 Å². The van der Waals surface area contributed by atoms with Crippen LogP contribution in [0, 0.1) is 0 Å². The van der Waals surface area contributed by atoms with Crippen LogP contribution in [0.25, 0.3) is 0 Å². The van der Waals surface area contributed by atoms with Gasteiger partial charge in [0.15, 0.2) is 0 Å². The maximum Gasteiger partial charge on any atom is 0.303 e. The Kier molecular flexibility index (Phi) is 7.10. The summed E-state index contributed by atoms with van der Waals surface area (Å²) < 4.78 is 5.80. The molecule has 0 atom stereocenters. The van der Waals surface area contributed by atoms with E-state index >= 15 is 0 Å². The zero-order valence-electron chi connectivity index (χ0n) is 13.3. The number of aliphatic carboxylic acids is 1. The summed E-state index contributed by atoms with van der Waals surface area (Å²) in [6.45, 7) is 0.549. The monoisotopic (exact) mass is 381 g/mol. The van der Waals surface area contributed by atoms with Crippen molar-refractivity contribution in [3.8, 4) is 5.75 Å². The molecule has 0 unspecified atom stereocenters. The van der Waals surface area contributed by atoms with Crippen molar-refractivity contribution in [3.63, 3.8) is 0 Å². The number of carbonyl (C=O) groups excluding carboxylic acids is 1. The quantitative estimate of drug-likeness (QED) is 0.722. The standard InChI is InChI=1S/C18H17Cl2NO4/c19-14-3-1-12(2-4-14)11-25-16-6-5-15(20)9-13(16)10-21-17(22)7-8-18(23)24/h1-6,9H,7-8,10-11H2,(H,21,22)(H,23,24). The van der Waals surface area contributed by atoms with Crippen molar-refractivity contribution in [2.45, 2.75) is 26.0 Å². The molecule has 0 aliphatic rings. The molecule has 0 fully saturated rings. The Hall–Kier alpha value is -2.24. The number of carboxylic acids is 1. The molecule has 0 saturated carbocycles. The van der Waals surface area contributed by atoms with E-state index in [0.717, 1.165) is 5.56 Å². The second kappa shape index (κ2) is 9.30. The Morgan fingerprint density at radius 2 is 1.68 bits per heavy atom. The number of hydrogen-bond acceptors (Lipinski definition) is 3. The third kappa shape index (κ3) is 6.64. The zero-order valence-corrected chi connectivity index (χ0v) is 14.8. The molecule has 2 rings (SSSR count). The molecule has 2 aromatic carbocycles. The zero-order chi connectivity index (χ0) is 18.2. The van der Waals surface area contributed by atoms with Gasteiger partial charge < -0.3 is 15.2 Å². The van der Waals surface area contributed by atoms with Gasteiger partial charge >= 0.3 is 5.97 Å². The van der Waals surface area contributed by atoms with Gasteiger partial charge in [-0.2, -0.15) is 0 Å². The van der Waals surface area contributed by atoms with Gasteiger partial charge in [-0.05, 0) is 35.9 Å². The number of nitrogens with one attached hydrogen (secondary N) is 1. The Bertz CT molecular complexity index is 747. The summed E-state index contributed by atoms with van der Waals surface area (Å²) >= 11 is 11.9. The SMILES string of the molecule is O=C(O)CCC(=O)NCc1cc(Cl)ccc1OCc1ccc(Cl)cc1. The van der Waals surface area contributed by atoms with E-state index in [1.165, 1.54) is 0 Å². The summed E-state index contributed by atoms with van der Waals surface area (Å²) in [5, 5.41) is 12.4. The predicted octanol–water partition coefficient (Wildman–Crippen LogP) is 4.05. The molecule has 0 radical (unpaired) electrons. The van der Waals surface area contributed by atoms with Crippen molar-refractivity contribution in [2.75, 3.05) is 0 Å². The van der Waals surface area contributed by atoms with Crippen molar-refractivity contribution in [1.29, 1.82) is 0 Å². The average molecular weight is 382 g/mol. The first kappa shape index (κ1) is 19.1. The maximum absolute atomic E-state index is 11.7. The van der Waals surface area contributed by atoms with E-state index in [0.29, 0.717) is 28.0 Å². The highest BCUT2D eigenvalue weighted by Gasteiger charge is 2.09. The lowest BCUT2D eigenvalue weighted by Gasteiger charge is -2.13. The minimum atomic E-state index is -1.01. The summed E-state index contributed by atoms with van der Waals surface area (Å²) in [5.74, 6) is -0.756. The van der Waals surface area contributed by atoms with Gasteiger partial charge in [-0.15, -0.1) is 0 Å². The summed E-state index contributed by atoms with van der Waals surface area (Å²) in [4.78, 5) is 22.2. The van der Waals surface area contributed by atoms with Crippen molar-refractivity contribution in [1.82, 2.24) is 5.32 Å². The Balaban J connectivity index is 1.97. The van der Waals surface area contributed by atoms with Gasteiger partial charge in [0.2, 0.25) is 5.91 Å². The highest BCUT2D eigenvalue weighted by molar-refractivity contribution is 6.30. The topological polar surface area (TPSA) is 75.6 Å². The van der Waals surface area contributed by atoms with Crippen LogP contribution in [-0.4, -0.2) is 17.0 Å². The van der Waals surface area contributed by atoms with Crippen LogP contribution in [0.15, 0.2) is 42.5 Å². The highest BCUT2D eigenvalue weighted by Crippen LogP contribution is 2.24. The fraction of sp³-hybridized carbons (Fsp3) is 0.222. The predicted molar refractivity (Wildman–Crippen MR) is 96.0 cm³/mol. The van der Waals surface area contributed by atoms with Gasteiger partial charge in [0.1, 0.15) is 12.4 Å². The molecule has 5 nitrogen and oxygen atoms in total. The van der Waals surface area contributed by atoms with Crippen LogP contribution in [0.1, 0.15) is 24.0 Å². The normalized spacial score (nSPS) is 10.3. The molecule has 0 bridgehead atoms. The highest BCUT2D eigenvalue weighted by atomic mass is 35.5. The van der Waals surface area contributed by atoms with Gasteiger partial charge in [0.25, 0.3) is 0 Å². The fourth-order valence-electron chi connectivity index (χ4n) is 2.07. The molecule has 0 heterocycles. The number of rotatable bonds is 8. The van der Waals surface area contributed by atoms with Crippen LogP contribution in [0.2, 0.25) is 10.0 Å². The van der Waals surface area contributed by atoms with E-state index in [9.17, 15) is 9.59 Å². The molecule has 25 heavy (non-hydrogen) atoms. The number of benzene rings is 2. The molecular formula is C18H17Cl2NO4. The summed E-state index contributed by atoms with van der Waals surface area (Å²) in [5.41, 5.74) is 1.67. The third-order valence-corrected chi connectivity index (χ3v) is 3.86. The minimum Gasteiger partial charge on any atom is -0.489 e. The van der Waals surface area contributed by atoms with E-state index in [1.807, 2.05) is 12.1 Å². The van der Waals surface area contributed by atoms with Crippen molar-refractivity contribution in [3.05, 3.63) is 63.6 Å². The van der Waals surface area contributed by atoms with Gasteiger partial charge in [-0.25, -0.2) is 0 Å². The number of carbonyl (C=O) groups is 2. The lowest BCUT2D eigenvalue weighted by Crippen LogP contribution is -2.23. The third-order valence-electron chi connectivity index (χ3n) is 3.37. The van der Waals surface area contributed by atoms with Crippen LogP contribution >= 0.6 is 23.2 Å². The summed E-state index contributed by atoms with van der Waals surface area (Å²) in [7, 11) is 0. The lowest BCUT2D eigenvalue weighted by atomic mass is 10.2. The van der Waals surface area contributed by atoms with Gasteiger partial charge in [-0.3, -0.25) is 9.59 Å². The van der Waals surface area contributed by atoms with Crippen molar-refractivity contribution >= 4 is 35.1 Å². The minimum absolute atomic E-state index is 0.0726. The van der Waals surface area contributed by atoms with Crippen molar-refractivity contribution in [2.24, 2.45) is 0 Å². The molecule has 2 N–H and O–H groups in total. The molecule has 132 valence electrons. The van der Waals surface area contributed by atoms with Gasteiger partial charge in [0, 0.05) is 28.6 Å². The van der Waals surface area contributed by atoms with E-state index in [4.69, 9.17) is 33.0 Å². The number of halogens is 2. The molecule has 0 aromatic heterocycles. The molecule has 7 heteroatoms. The molecule has 0 saturated heterocycles. The molecule has 2 aromatic rings. The number of ether oxygens (including phenoxy) is 1. The second-order valence-electron chi connectivity index (χ2n) is 5.34. The summed E-state index contributed by atoms with van der Waals surface area (Å²) in [6, 6.07) is 12.4. The first-order chi connectivity index (χ1) is 11.9. The van der Waals surface area contributed by atoms with Crippen molar-refractivity contribution < 1.29 is 19.4 Å². The molecular weight excluding hydrogens is 365 g/mol. The molecule has 0 aliphatic heterocycles. The number of amides is 1. The van der Waals surface area contributed by atoms with Gasteiger partial charge in [0.05, 0.1) is 6.42 Å². The number of hydrogen-bond donors (Lipinski definition) is 2. The Morgan fingerprint density at radius 3 is 2.36 bits per heavy atom.